The Morgan fingerprint density at radius 2 is 0.588 bits per heavy atom. The van der Waals surface area contributed by atoms with Crippen molar-refractivity contribution in [1.29, 1.82) is 0 Å². The summed E-state index contributed by atoms with van der Waals surface area (Å²) in [4.78, 5) is 12.5. The molecular formula is C63H125NO4. The van der Waals surface area contributed by atoms with Crippen LogP contribution in [0.3, 0.4) is 0 Å². The van der Waals surface area contributed by atoms with E-state index in [1.165, 1.54) is 295 Å². The first-order valence-electron chi connectivity index (χ1n) is 31.5. The number of allylic oxidation sites excluding steroid dienone is 2. The van der Waals surface area contributed by atoms with Crippen LogP contribution in [-0.4, -0.2) is 46.1 Å². The minimum Gasteiger partial charge on any atom is -0.394 e. The van der Waals surface area contributed by atoms with Crippen LogP contribution in [0.1, 0.15) is 361 Å². The van der Waals surface area contributed by atoms with Crippen molar-refractivity contribution in [1.82, 2.24) is 5.32 Å². The van der Waals surface area contributed by atoms with Gasteiger partial charge >= 0.3 is 0 Å². The van der Waals surface area contributed by atoms with Gasteiger partial charge in [0.25, 0.3) is 0 Å². The van der Waals surface area contributed by atoms with Crippen molar-refractivity contribution in [3.63, 3.8) is 0 Å². The maximum atomic E-state index is 12.5. The standard InChI is InChI=1S/C63H125NO4/c1-3-5-7-9-11-13-15-17-19-21-22-23-24-25-26-27-28-29-30-31-32-33-34-35-36-37-38-39-40-42-44-46-48-50-52-54-56-58-62(67)64-60(59-65)63(68)61(66)57-55-53-51-49-47-45-43-41-20-18-16-14-12-10-8-6-4-2/h49,51,60-61,63,65-66,68H,3-48,50,52-59H2,1-2H3,(H,64,67)/b51-49+. The maximum Gasteiger partial charge on any atom is 0.220 e. The Bertz CT molecular complexity index is 971. The molecule has 0 aromatic heterocycles. The van der Waals surface area contributed by atoms with Crippen LogP contribution in [0.25, 0.3) is 0 Å². The van der Waals surface area contributed by atoms with E-state index < -0.39 is 18.2 Å². The first kappa shape index (κ1) is 67.1. The summed E-state index contributed by atoms with van der Waals surface area (Å²) in [5.41, 5.74) is 0. The number of amides is 1. The van der Waals surface area contributed by atoms with E-state index in [0.29, 0.717) is 12.8 Å². The lowest BCUT2D eigenvalue weighted by molar-refractivity contribution is -0.124. The van der Waals surface area contributed by atoms with Crippen molar-refractivity contribution < 1.29 is 20.1 Å². The van der Waals surface area contributed by atoms with E-state index >= 15 is 0 Å². The van der Waals surface area contributed by atoms with E-state index in [1.807, 2.05) is 0 Å². The summed E-state index contributed by atoms with van der Waals surface area (Å²) in [6, 6.07) is -0.823. The Morgan fingerprint density at radius 1 is 0.353 bits per heavy atom. The van der Waals surface area contributed by atoms with E-state index in [2.05, 4.69) is 31.3 Å². The van der Waals surface area contributed by atoms with Crippen LogP contribution in [0.15, 0.2) is 12.2 Å². The Labute approximate surface area is 427 Å². The number of unbranched alkanes of at least 4 members (excludes halogenated alkanes) is 49. The zero-order chi connectivity index (χ0) is 49.3. The number of aliphatic hydroxyl groups excluding tert-OH is 3. The molecule has 0 bridgehead atoms. The van der Waals surface area contributed by atoms with E-state index in [1.54, 1.807) is 0 Å². The molecule has 68 heavy (non-hydrogen) atoms. The van der Waals surface area contributed by atoms with Crippen molar-refractivity contribution in [2.75, 3.05) is 6.61 Å². The quantitative estimate of drug-likeness (QED) is 0.0361. The average Bonchev–Trinajstić information content (AvgIpc) is 3.34. The van der Waals surface area contributed by atoms with Gasteiger partial charge in [0.1, 0.15) is 6.10 Å². The van der Waals surface area contributed by atoms with E-state index in [4.69, 9.17) is 0 Å². The second-order valence-electron chi connectivity index (χ2n) is 22.0. The van der Waals surface area contributed by atoms with Crippen molar-refractivity contribution in [3.8, 4) is 0 Å². The van der Waals surface area contributed by atoms with Crippen molar-refractivity contribution in [2.24, 2.45) is 0 Å². The zero-order valence-electron chi connectivity index (χ0n) is 46.5. The Kier molecular flexibility index (Phi) is 57.9. The molecule has 0 aliphatic carbocycles. The third-order valence-corrected chi connectivity index (χ3v) is 15.1. The lowest BCUT2D eigenvalue weighted by Gasteiger charge is -2.26. The van der Waals surface area contributed by atoms with Gasteiger partial charge in [-0.05, 0) is 38.5 Å². The molecule has 0 spiro atoms. The molecule has 1 amide bonds. The molecule has 0 aliphatic heterocycles. The van der Waals surface area contributed by atoms with Crippen LogP contribution in [0.2, 0.25) is 0 Å². The molecule has 0 fully saturated rings. The molecule has 0 aromatic carbocycles. The molecule has 0 rings (SSSR count). The predicted octanol–water partition coefficient (Wildman–Crippen LogP) is 19.8. The molecule has 3 atom stereocenters. The van der Waals surface area contributed by atoms with Crippen LogP contribution < -0.4 is 5.32 Å². The van der Waals surface area contributed by atoms with E-state index in [9.17, 15) is 20.1 Å². The third kappa shape index (κ3) is 52.9. The molecule has 0 heterocycles. The highest BCUT2D eigenvalue weighted by molar-refractivity contribution is 5.76. The Hall–Kier alpha value is -0.910. The second kappa shape index (κ2) is 58.7. The summed E-state index contributed by atoms with van der Waals surface area (Å²) in [7, 11) is 0. The number of aliphatic hydroxyl groups is 3. The fourth-order valence-electron chi connectivity index (χ4n) is 10.3. The molecule has 5 heteroatoms. The lowest BCUT2D eigenvalue weighted by Crippen LogP contribution is -2.50. The summed E-state index contributed by atoms with van der Waals surface area (Å²) in [5.74, 6) is -0.146. The van der Waals surface area contributed by atoms with Gasteiger partial charge < -0.3 is 20.6 Å². The minimum atomic E-state index is -1.16. The number of carbonyl (C=O) groups is 1. The lowest BCUT2D eigenvalue weighted by atomic mass is 10.0. The molecule has 0 aliphatic rings. The van der Waals surface area contributed by atoms with Gasteiger partial charge in [0.15, 0.2) is 0 Å². The summed E-state index contributed by atoms with van der Waals surface area (Å²) in [5, 5.41) is 33.7. The third-order valence-electron chi connectivity index (χ3n) is 15.1. The van der Waals surface area contributed by atoms with Crippen LogP contribution in [0.4, 0.5) is 0 Å². The summed E-state index contributed by atoms with van der Waals surface area (Å²) < 4.78 is 0. The number of carbonyl (C=O) groups excluding carboxylic acids is 1. The summed E-state index contributed by atoms with van der Waals surface area (Å²) in [6.07, 6.45) is 74.2. The topological polar surface area (TPSA) is 89.8 Å². The number of hydrogen-bond donors (Lipinski definition) is 4. The summed E-state index contributed by atoms with van der Waals surface area (Å²) in [6.45, 7) is 4.21. The van der Waals surface area contributed by atoms with Crippen molar-refractivity contribution in [2.45, 2.75) is 379 Å². The van der Waals surface area contributed by atoms with Gasteiger partial charge in [0, 0.05) is 6.42 Å². The number of hydrogen-bond acceptors (Lipinski definition) is 4. The van der Waals surface area contributed by atoms with Gasteiger partial charge in [-0.15, -0.1) is 0 Å². The van der Waals surface area contributed by atoms with Crippen LogP contribution in [-0.2, 0) is 4.79 Å². The van der Waals surface area contributed by atoms with Crippen molar-refractivity contribution in [3.05, 3.63) is 12.2 Å². The number of rotatable bonds is 59. The van der Waals surface area contributed by atoms with E-state index in [0.717, 1.165) is 38.5 Å². The molecule has 406 valence electrons. The molecule has 0 aromatic rings. The molecular weight excluding hydrogens is 835 g/mol. The molecule has 3 unspecified atom stereocenters. The smallest absolute Gasteiger partial charge is 0.220 e. The number of nitrogens with one attached hydrogen (secondary N) is 1. The molecule has 0 saturated carbocycles. The molecule has 4 N–H and O–H groups in total. The fraction of sp³-hybridized carbons (Fsp3) is 0.952. The highest BCUT2D eigenvalue weighted by atomic mass is 16.3. The van der Waals surface area contributed by atoms with Gasteiger partial charge in [-0.1, -0.05) is 328 Å². The van der Waals surface area contributed by atoms with Crippen molar-refractivity contribution >= 4 is 5.91 Å². The van der Waals surface area contributed by atoms with E-state index in [-0.39, 0.29) is 12.5 Å². The maximum absolute atomic E-state index is 12.5. The zero-order valence-corrected chi connectivity index (χ0v) is 46.5. The first-order valence-corrected chi connectivity index (χ1v) is 31.5. The van der Waals surface area contributed by atoms with Crippen LogP contribution in [0.5, 0.6) is 0 Å². The summed E-state index contributed by atoms with van der Waals surface area (Å²) >= 11 is 0. The predicted molar refractivity (Wildman–Crippen MR) is 301 cm³/mol. The normalized spacial score (nSPS) is 13.2. The van der Waals surface area contributed by atoms with Crippen LogP contribution >= 0.6 is 0 Å². The van der Waals surface area contributed by atoms with Gasteiger partial charge in [-0.3, -0.25) is 4.79 Å². The fourth-order valence-corrected chi connectivity index (χ4v) is 10.3. The highest BCUT2D eigenvalue weighted by Crippen LogP contribution is 2.19. The Morgan fingerprint density at radius 3 is 0.853 bits per heavy atom. The van der Waals surface area contributed by atoms with Crippen LogP contribution in [0, 0.1) is 0 Å². The van der Waals surface area contributed by atoms with Gasteiger partial charge in [-0.2, -0.15) is 0 Å². The SMILES string of the molecule is CCCCCCCCCCCCCC/C=C/CCCC(O)C(O)C(CO)NC(=O)CCCCCCCCCCCCCCCCCCCCCCCCCCCCCCCCCCCCCCC. The second-order valence-corrected chi connectivity index (χ2v) is 22.0. The molecule has 0 saturated heterocycles. The Balaban J connectivity index is 3.43. The average molecular weight is 961 g/mol. The molecule has 0 radical (unpaired) electrons. The first-order chi connectivity index (χ1) is 33.6. The van der Waals surface area contributed by atoms with Gasteiger partial charge in [0.2, 0.25) is 5.91 Å². The van der Waals surface area contributed by atoms with Gasteiger partial charge in [0.05, 0.1) is 18.8 Å². The van der Waals surface area contributed by atoms with Gasteiger partial charge in [-0.25, -0.2) is 0 Å². The minimum absolute atomic E-state index is 0.146. The monoisotopic (exact) mass is 960 g/mol. The highest BCUT2D eigenvalue weighted by Gasteiger charge is 2.26. The largest absolute Gasteiger partial charge is 0.394 e. The molecule has 5 nitrogen and oxygen atoms in total.